The van der Waals surface area contributed by atoms with Crippen molar-refractivity contribution in [2.45, 2.75) is 57.1 Å². The molecule has 16 heavy (non-hydrogen) atoms. The van der Waals surface area contributed by atoms with E-state index in [1.54, 1.807) is 0 Å². The Morgan fingerprint density at radius 2 is 1.94 bits per heavy atom. The summed E-state index contributed by atoms with van der Waals surface area (Å²) in [5, 5.41) is 10.0. The molecule has 0 aromatic carbocycles. The zero-order valence-electron chi connectivity index (χ0n) is 10.4. The molecule has 2 aliphatic carbocycles. The predicted octanol–water partition coefficient (Wildman–Crippen LogP) is 2.32. The van der Waals surface area contributed by atoms with Gasteiger partial charge >= 0.3 is 0 Å². The Labute approximate surface area is 105 Å². The largest absolute Gasteiger partial charge is 0.391 e. The van der Waals surface area contributed by atoms with Crippen LogP contribution in [0.5, 0.6) is 0 Å². The van der Waals surface area contributed by atoms with Crippen LogP contribution in [-0.4, -0.2) is 41.5 Å². The molecule has 2 rings (SSSR count). The number of hydrogen-bond donors (Lipinski definition) is 2. The minimum atomic E-state index is -0.101. The summed E-state index contributed by atoms with van der Waals surface area (Å²) < 4.78 is 0. The lowest BCUT2D eigenvalue weighted by molar-refractivity contribution is 0.000190. The number of nitrogens with zero attached hydrogens (tertiary/aromatic N) is 1. The van der Waals surface area contributed by atoms with E-state index in [9.17, 15) is 5.11 Å². The molecule has 3 heteroatoms. The molecule has 0 radical (unpaired) electrons. The lowest BCUT2D eigenvalue weighted by Gasteiger charge is -2.46. The van der Waals surface area contributed by atoms with E-state index in [4.69, 9.17) is 0 Å². The minimum Gasteiger partial charge on any atom is -0.391 e. The minimum absolute atomic E-state index is 0.101. The van der Waals surface area contributed by atoms with Crippen LogP contribution in [0.4, 0.5) is 0 Å². The van der Waals surface area contributed by atoms with E-state index in [2.05, 4.69) is 24.6 Å². The summed E-state index contributed by atoms with van der Waals surface area (Å²) in [4.78, 5) is 2.40. The second-order valence-corrected chi connectivity index (χ2v) is 6.16. The van der Waals surface area contributed by atoms with Crippen LogP contribution in [-0.2, 0) is 0 Å². The molecule has 0 bridgehead atoms. The Bertz CT molecular complexity index is 224. The first-order valence-electron chi connectivity index (χ1n) is 6.66. The maximum absolute atomic E-state index is 10.0. The number of aliphatic hydroxyl groups is 1. The van der Waals surface area contributed by atoms with Crippen molar-refractivity contribution in [3.05, 3.63) is 0 Å². The van der Waals surface area contributed by atoms with Gasteiger partial charge in [-0.05, 0) is 43.9 Å². The summed E-state index contributed by atoms with van der Waals surface area (Å²) in [7, 11) is 2.18. The molecule has 0 aromatic rings. The lowest BCUT2D eigenvalue weighted by atomic mass is 9.69. The van der Waals surface area contributed by atoms with Gasteiger partial charge < -0.3 is 10.0 Å². The molecule has 0 spiro atoms. The van der Waals surface area contributed by atoms with Crippen LogP contribution in [0.3, 0.4) is 0 Å². The van der Waals surface area contributed by atoms with E-state index in [0.717, 1.165) is 18.7 Å². The number of hydrogen-bond acceptors (Lipinski definition) is 3. The van der Waals surface area contributed by atoms with Crippen molar-refractivity contribution in [1.82, 2.24) is 4.90 Å². The van der Waals surface area contributed by atoms with Crippen LogP contribution in [0.25, 0.3) is 0 Å². The number of thiol groups is 1. The van der Waals surface area contributed by atoms with Crippen LogP contribution in [0.15, 0.2) is 0 Å². The Morgan fingerprint density at radius 3 is 2.44 bits per heavy atom. The van der Waals surface area contributed by atoms with Crippen LogP contribution in [0.1, 0.15) is 44.9 Å². The van der Waals surface area contributed by atoms with Gasteiger partial charge in [0.15, 0.2) is 0 Å². The van der Waals surface area contributed by atoms with E-state index < -0.39 is 0 Å². The highest BCUT2D eigenvalue weighted by Crippen LogP contribution is 2.43. The summed E-state index contributed by atoms with van der Waals surface area (Å²) in [5.74, 6) is 1.00. The molecule has 2 nitrogen and oxygen atoms in total. The second kappa shape index (κ2) is 5.28. The van der Waals surface area contributed by atoms with Gasteiger partial charge in [0.25, 0.3) is 0 Å². The molecule has 0 aromatic heterocycles. The Morgan fingerprint density at radius 1 is 1.25 bits per heavy atom. The average molecular weight is 243 g/mol. The van der Waals surface area contributed by atoms with Gasteiger partial charge in [0, 0.05) is 12.6 Å². The molecule has 1 N–H and O–H groups in total. The van der Waals surface area contributed by atoms with Crippen molar-refractivity contribution in [3.8, 4) is 0 Å². The summed E-state index contributed by atoms with van der Waals surface area (Å²) in [6, 6.07) is 0.395. The number of likely N-dealkylation sites (N-methyl/N-ethyl adjacent to an activating group) is 1. The lowest BCUT2D eigenvalue weighted by Crippen LogP contribution is -2.50. The van der Waals surface area contributed by atoms with Crippen molar-refractivity contribution in [1.29, 1.82) is 0 Å². The van der Waals surface area contributed by atoms with Crippen molar-refractivity contribution < 1.29 is 5.11 Å². The van der Waals surface area contributed by atoms with Crippen LogP contribution in [0, 0.1) is 5.41 Å². The normalized spacial score (nSPS) is 33.8. The third-order valence-corrected chi connectivity index (χ3v) is 5.27. The van der Waals surface area contributed by atoms with Crippen molar-refractivity contribution in [3.63, 3.8) is 0 Å². The molecule has 94 valence electrons. The Balaban J connectivity index is 1.88. The van der Waals surface area contributed by atoms with Gasteiger partial charge in [-0.2, -0.15) is 12.6 Å². The summed E-state index contributed by atoms with van der Waals surface area (Å²) in [6.07, 6.45) is 8.54. The highest BCUT2D eigenvalue weighted by atomic mass is 32.1. The van der Waals surface area contributed by atoms with Gasteiger partial charge in [-0.25, -0.2) is 0 Å². The highest BCUT2D eigenvalue weighted by Gasteiger charge is 2.38. The van der Waals surface area contributed by atoms with Gasteiger partial charge in [0.05, 0.1) is 6.10 Å². The second-order valence-electron chi connectivity index (χ2n) is 5.85. The molecule has 0 saturated heterocycles. The smallest absolute Gasteiger partial charge is 0.0695 e. The van der Waals surface area contributed by atoms with E-state index in [1.807, 2.05) is 0 Å². The Hall–Kier alpha value is 0.270. The summed E-state index contributed by atoms with van der Waals surface area (Å²) in [6.45, 7) is 1.12. The van der Waals surface area contributed by atoms with Crippen LogP contribution in [0.2, 0.25) is 0 Å². The van der Waals surface area contributed by atoms with Crippen molar-refractivity contribution in [2.24, 2.45) is 5.41 Å². The number of aliphatic hydroxyl groups excluding tert-OH is 1. The van der Waals surface area contributed by atoms with Gasteiger partial charge in [0.2, 0.25) is 0 Å². The fourth-order valence-electron chi connectivity index (χ4n) is 3.30. The highest BCUT2D eigenvalue weighted by molar-refractivity contribution is 7.80. The Kier molecular flexibility index (Phi) is 4.20. The third-order valence-electron chi connectivity index (χ3n) is 4.59. The first-order chi connectivity index (χ1) is 7.67. The molecule has 2 unspecified atom stereocenters. The molecule has 2 fully saturated rings. The monoisotopic (exact) mass is 243 g/mol. The van der Waals surface area contributed by atoms with Gasteiger partial charge in [-0.3, -0.25) is 0 Å². The summed E-state index contributed by atoms with van der Waals surface area (Å²) >= 11 is 4.50. The third kappa shape index (κ3) is 2.57. The standard InChI is InChI=1S/C13H25NOS/c1-14(9-13(10-16)7-4-8-13)11-5-2-3-6-12(11)15/h11-12,15-16H,2-10H2,1H3. The molecule has 0 amide bonds. The predicted molar refractivity (Wildman–Crippen MR) is 71.0 cm³/mol. The molecule has 2 aliphatic rings. The fourth-order valence-corrected chi connectivity index (χ4v) is 3.71. The van der Waals surface area contributed by atoms with E-state index in [-0.39, 0.29) is 6.10 Å². The molecule has 0 aliphatic heterocycles. The van der Waals surface area contributed by atoms with Gasteiger partial charge in [-0.15, -0.1) is 0 Å². The van der Waals surface area contributed by atoms with Gasteiger partial charge in [-0.1, -0.05) is 19.3 Å². The van der Waals surface area contributed by atoms with Crippen molar-refractivity contribution in [2.75, 3.05) is 19.3 Å². The molecule has 2 saturated carbocycles. The zero-order valence-corrected chi connectivity index (χ0v) is 11.3. The van der Waals surface area contributed by atoms with Crippen LogP contribution < -0.4 is 0 Å². The average Bonchev–Trinajstić information content (AvgIpc) is 2.24. The first kappa shape index (κ1) is 12.7. The van der Waals surface area contributed by atoms with Crippen molar-refractivity contribution >= 4 is 12.6 Å². The van der Waals surface area contributed by atoms with E-state index in [1.165, 1.54) is 38.5 Å². The van der Waals surface area contributed by atoms with E-state index in [0.29, 0.717) is 11.5 Å². The summed E-state index contributed by atoms with van der Waals surface area (Å²) in [5.41, 5.74) is 0.453. The van der Waals surface area contributed by atoms with Crippen LogP contribution >= 0.6 is 12.6 Å². The fraction of sp³-hybridized carbons (Fsp3) is 1.00. The zero-order chi connectivity index (χ0) is 11.6. The first-order valence-corrected chi connectivity index (χ1v) is 7.29. The topological polar surface area (TPSA) is 23.5 Å². The molecular formula is C13H25NOS. The SMILES string of the molecule is CN(CC1(CS)CCC1)C1CCCCC1O. The molecular weight excluding hydrogens is 218 g/mol. The quantitative estimate of drug-likeness (QED) is 0.740. The maximum Gasteiger partial charge on any atom is 0.0695 e. The van der Waals surface area contributed by atoms with E-state index >= 15 is 0 Å². The molecule has 2 atom stereocenters. The van der Waals surface area contributed by atoms with Gasteiger partial charge in [0.1, 0.15) is 0 Å². The maximum atomic E-state index is 10.0. The molecule has 0 heterocycles. The number of rotatable bonds is 4.